The molecule has 0 aliphatic heterocycles. The number of nitrogens with one attached hydrogen (secondary N) is 1. The fraction of sp³-hybridized carbons (Fsp3) is 0.538. The van der Waals surface area contributed by atoms with E-state index in [4.69, 9.17) is 5.73 Å². The lowest BCUT2D eigenvalue weighted by Crippen LogP contribution is -2.15. The van der Waals surface area contributed by atoms with E-state index in [2.05, 4.69) is 25.2 Å². The van der Waals surface area contributed by atoms with Crippen LogP contribution in [0.2, 0.25) is 0 Å². The van der Waals surface area contributed by atoms with Crippen LogP contribution >= 0.6 is 0 Å². The normalized spacial score (nSPS) is 17.5. The molecule has 2 rings (SSSR count). The Morgan fingerprint density at radius 2 is 2.13 bits per heavy atom. The standard InChI is InChI=1S/C13H20N2/c1-3-13(6-7-13)9-15-12-8-10(2)4-5-11(12)14/h4-5,8,15H,3,6-7,9,14H2,1-2H3. The second-order valence-corrected chi connectivity index (χ2v) is 4.80. The van der Waals surface area contributed by atoms with Crippen LogP contribution < -0.4 is 11.1 Å². The van der Waals surface area contributed by atoms with Crippen LogP contribution in [-0.2, 0) is 0 Å². The van der Waals surface area contributed by atoms with Crippen molar-refractivity contribution >= 4 is 11.4 Å². The lowest BCUT2D eigenvalue weighted by atomic mass is 10.0. The predicted molar refractivity (Wildman–Crippen MR) is 66.0 cm³/mol. The number of benzene rings is 1. The number of hydrogen-bond donors (Lipinski definition) is 2. The Morgan fingerprint density at radius 1 is 1.40 bits per heavy atom. The summed E-state index contributed by atoms with van der Waals surface area (Å²) >= 11 is 0. The van der Waals surface area contributed by atoms with E-state index >= 15 is 0 Å². The average molecular weight is 204 g/mol. The van der Waals surface area contributed by atoms with Crippen molar-refractivity contribution in [3.63, 3.8) is 0 Å². The van der Waals surface area contributed by atoms with Gasteiger partial charge in [-0.05, 0) is 49.3 Å². The molecule has 0 amide bonds. The summed E-state index contributed by atoms with van der Waals surface area (Å²) in [4.78, 5) is 0. The van der Waals surface area contributed by atoms with Gasteiger partial charge in [0.05, 0.1) is 11.4 Å². The Labute approximate surface area is 91.9 Å². The van der Waals surface area contributed by atoms with E-state index in [1.807, 2.05) is 12.1 Å². The summed E-state index contributed by atoms with van der Waals surface area (Å²) in [6.45, 7) is 5.43. The van der Waals surface area contributed by atoms with E-state index in [1.165, 1.54) is 24.8 Å². The number of nitrogen functional groups attached to an aromatic ring is 1. The zero-order valence-corrected chi connectivity index (χ0v) is 9.64. The van der Waals surface area contributed by atoms with Gasteiger partial charge in [-0.15, -0.1) is 0 Å². The highest BCUT2D eigenvalue weighted by atomic mass is 14.9. The van der Waals surface area contributed by atoms with Crippen molar-refractivity contribution in [2.24, 2.45) is 5.41 Å². The molecule has 1 fully saturated rings. The molecule has 0 heterocycles. The molecule has 1 aromatic carbocycles. The second-order valence-electron chi connectivity index (χ2n) is 4.80. The van der Waals surface area contributed by atoms with Crippen LogP contribution in [0.15, 0.2) is 18.2 Å². The van der Waals surface area contributed by atoms with E-state index in [0.717, 1.165) is 17.9 Å². The molecule has 0 bridgehead atoms. The van der Waals surface area contributed by atoms with Crippen molar-refractivity contribution in [1.82, 2.24) is 0 Å². The van der Waals surface area contributed by atoms with Crippen LogP contribution in [0.25, 0.3) is 0 Å². The minimum atomic E-state index is 0.566. The van der Waals surface area contributed by atoms with Gasteiger partial charge in [-0.1, -0.05) is 13.0 Å². The van der Waals surface area contributed by atoms with Crippen LogP contribution in [0.5, 0.6) is 0 Å². The van der Waals surface area contributed by atoms with Gasteiger partial charge in [0.1, 0.15) is 0 Å². The Hall–Kier alpha value is -1.18. The SMILES string of the molecule is CCC1(CNc2cc(C)ccc2N)CC1. The maximum absolute atomic E-state index is 5.92. The fourth-order valence-electron chi connectivity index (χ4n) is 1.94. The highest BCUT2D eigenvalue weighted by molar-refractivity contribution is 5.67. The van der Waals surface area contributed by atoms with Gasteiger partial charge in [-0.25, -0.2) is 0 Å². The molecule has 0 spiro atoms. The molecule has 0 aromatic heterocycles. The number of anilines is 2. The van der Waals surface area contributed by atoms with Crippen LogP contribution in [0.4, 0.5) is 11.4 Å². The van der Waals surface area contributed by atoms with E-state index in [9.17, 15) is 0 Å². The van der Waals surface area contributed by atoms with Crippen LogP contribution in [-0.4, -0.2) is 6.54 Å². The molecule has 0 radical (unpaired) electrons. The minimum absolute atomic E-state index is 0.566. The number of nitrogens with two attached hydrogens (primary N) is 1. The topological polar surface area (TPSA) is 38.0 Å². The monoisotopic (exact) mass is 204 g/mol. The Bertz CT molecular complexity index is 354. The van der Waals surface area contributed by atoms with Crippen LogP contribution in [0.1, 0.15) is 31.7 Å². The summed E-state index contributed by atoms with van der Waals surface area (Å²) in [6.07, 6.45) is 4.00. The highest BCUT2D eigenvalue weighted by Crippen LogP contribution is 2.48. The smallest absolute Gasteiger partial charge is 0.0576 e. The maximum Gasteiger partial charge on any atom is 0.0576 e. The van der Waals surface area contributed by atoms with Crippen molar-refractivity contribution < 1.29 is 0 Å². The largest absolute Gasteiger partial charge is 0.397 e. The molecular weight excluding hydrogens is 184 g/mol. The Kier molecular flexibility index (Phi) is 2.59. The summed E-state index contributed by atoms with van der Waals surface area (Å²) in [5.41, 5.74) is 9.69. The third-order valence-electron chi connectivity index (χ3n) is 3.57. The predicted octanol–water partition coefficient (Wildman–Crippen LogP) is 3.18. The molecule has 15 heavy (non-hydrogen) atoms. The summed E-state index contributed by atoms with van der Waals surface area (Å²) in [5, 5.41) is 3.48. The molecule has 3 N–H and O–H groups in total. The molecule has 2 heteroatoms. The molecule has 0 saturated heterocycles. The minimum Gasteiger partial charge on any atom is -0.397 e. The molecule has 0 atom stereocenters. The van der Waals surface area contributed by atoms with Gasteiger partial charge < -0.3 is 11.1 Å². The Morgan fingerprint density at radius 3 is 2.73 bits per heavy atom. The van der Waals surface area contributed by atoms with Gasteiger partial charge in [0.2, 0.25) is 0 Å². The van der Waals surface area contributed by atoms with Crippen molar-refractivity contribution in [2.45, 2.75) is 33.1 Å². The molecule has 0 unspecified atom stereocenters. The van der Waals surface area contributed by atoms with Gasteiger partial charge in [0.25, 0.3) is 0 Å². The molecule has 82 valence electrons. The maximum atomic E-state index is 5.92. The molecule has 1 saturated carbocycles. The van der Waals surface area contributed by atoms with Crippen molar-refractivity contribution in [3.05, 3.63) is 23.8 Å². The quantitative estimate of drug-likeness (QED) is 0.739. The van der Waals surface area contributed by atoms with Gasteiger partial charge in [0.15, 0.2) is 0 Å². The van der Waals surface area contributed by atoms with E-state index in [1.54, 1.807) is 0 Å². The molecular formula is C13H20N2. The highest BCUT2D eigenvalue weighted by Gasteiger charge is 2.40. The van der Waals surface area contributed by atoms with Gasteiger partial charge in [0, 0.05) is 6.54 Å². The zero-order valence-electron chi connectivity index (χ0n) is 9.64. The van der Waals surface area contributed by atoms with Gasteiger partial charge >= 0.3 is 0 Å². The summed E-state index contributed by atoms with van der Waals surface area (Å²) < 4.78 is 0. The first-order valence-electron chi connectivity index (χ1n) is 5.75. The van der Waals surface area contributed by atoms with Crippen molar-refractivity contribution in [2.75, 3.05) is 17.6 Å². The first kappa shape index (κ1) is 10.3. The van der Waals surface area contributed by atoms with Crippen LogP contribution in [0.3, 0.4) is 0 Å². The molecule has 1 aliphatic carbocycles. The molecule has 2 nitrogen and oxygen atoms in total. The van der Waals surface area contributed by atoms with Gasteiger partial charge in [-0.2, -0.15) is 0 Å². The van der Waals surface area contributed by atoms with Crippen LogP contribution in [0, 0.1) is 12.3 Å². The molecule has 1 aliphatic rings. The second kappa shape index (κ2) is 3.76. The number of rotatable bonds is 4. The summed E-state index contributed by atoms with van der Waals surface area (Å²) in [5.74, 6) is 0. The number of hydrogen-bond acceptors (Lipinski definition) is 2. The third-order valence-corrected chi connectivity index (χ3v) is 3.57. The van der Waals surface area contributed by atoms with E-state index in [0.29, 0.717) is 5.41 Å². The van der Waals surface area contributed by atoms with Gasteiger partial charge in [-0.3, -0.25) is 0 Å². The van der Waals surface area contributed by atoms with Crippen molar-refractivity contribution in [1.29, 1.82) is 0 Å². The summed E-state index contributed by atoms with van der Waals surface area (Å²) in [7, 11) is 0. The van der Waals surface area contributed by atoms with E-state index in [-0.39, 0.29) is 0 Å². The average Bonchev–Trinajstić information content (AvgIpc) is 3.00. The first-order chi connectivity index (χ1) is 7.15. The van der Waals surface area contributed by atoms with Crippen molar-refractivity contribution in [3.8, 4) is 0 Å². The van der Waals surface area contributed by atoms with E-state index < -0.39 is 0 Å². The summed E-state index contributed by atoms with van der Waals surface area (Å²) in [6, 6.07) is 6.15. The number of aryl methyl sites for hydroxylation is 1. The lowest BCUT2D eigenvalue weighted by molar-refractivity contribution is 0.521. The first-order valence-corrected chi connectivity index (χ1v) is 5.75. The Balaban J connectivity index is 2.01. The fourth-order valence-corrected chi connectivity index (χ4v) is 1.94. The third kappa shape index (κ3) is 2.25. The lowest BCUT2D eigenvalue weighted by Gasteiger charge is -2.16. The molecule has 1 aromatic rings. The zero-order chi connectivity index (χ0) is 10.9.